The largest absolute Gasteiger partial charge is 0.478 e. The van der Waals surface area contributed by atoms with Gasteiger partial charge in [0.25, 0.3) is 20.2 Å². The van der Waals surface area contributed by atoms with Gasteiger partial charge >= 0.3 is 17.9 Å². The summed E-state index contributed by atoms with van der Waals surface area (Å²) in [6.07, 6.45) is 4.83. The Morgan fingerprint density at radius 1 is 0.477 bits per heavy atom. The van der Waals surface area contributed by atoms with E-state index in [0.717, 1.165) is 22.6 Å². The number of aromatic nitrogens is 27. The number of nitrogens with one attached hydrogen (secondary N) is 8. The molecule has 43 nitrogen and oxygen atoms in total. The lowest BCUT2D eigenvalue weighted by Crippen LogP contribution is -2.07. The maximum absolute atomic E-state index is 11.0. The number of carboxylic acids is 3. The molecule has 0 saturated heterocycles. The zero-order valence-electron chi connectivity index (χ0n) is 43.7. The maximum Gasteiger partial charge on any atom is 0.359 e. The first-order valence-electron chi connectivity index (χ1n) is 22.4. The second-order valence-electron chi connectivity index (χ2n) is 15.0. The molecule has 0 aliphatic rings. The number of aromatic carboxylic acids is 3. The third kappa shape index (κ3) is 21.4. The van der Waals surface area contributed by atoms with Gasteiger partial charge in [-0.25, -0.2) is 24.9 Å². The van der Waals surface area contributed by atoms with E-state index >= 15 is 0 Å². The highest BCUT2D eigenvalue weighted by atomic mass is 32.2. The Labute approximate surface area is 477 Å². The zero-order chi connectivity index (χ0) is 63.2. The predicted octanol–water partition coefficient (Wildman–Crippen LogP) is 1.06. The summed E-state index contributed by atoms with van der Waals surface area (Å²) >= 11 is 0. The van der Waals surface area contributed by atoms with Gasteiger partial charge in [0.1, 0.15) is 4.90 Å². The van der Waals surface area contributed by atoms with Crippen LogP contribution in [0, 0.1) is 20.8 Å². The third-order valence-corrected chi connectivity index (χ3v) is 11.1. The van der Waals surface area contributed by atoms with E-state index in [-0.39, 0.29) is 55.5 Å². The van der Waals surface area contributed by atoms with E-state index in [1.54, 1.807) is 42.9 Å². The molecule has 0 atom stereocenters. The van der Waals surface area contributed by atoms with Gasteiger partial charge in [0.15, 0.2) is 22.9 Å². The molecule has 11 rings (SSSR count). The maximum atomic E-state index is 11.0. The molecule has 45 heteroatoms. The van der Waals surface area contributed by atoms with E-state index in [9.17, 15) is 31.2 Å². The number of rotatable bonds is 12. The zero-order valence-corrected chi connectivity index (χ0v) is 45.3. The molecule has 0 radical (unpaired) electrons. The SMILES string of the molecule is C=C(OO)c1n[nH]nc1C(=C)OO.Cc1cn[nH]n1.Cc1n[nH]nc1C.O=C(O)c1ccc(-c2nn[nH]n2)cc1.O=C(O)c1n[nH]nc1C(=O)O.O=S(=O)(O)c1cccc(-c2nn[nH]n2)c1.O=S(=O)(O)c1ccccc1-c1nn[nH]n1.c1cn[nH]n1. The van der Waals surface area contributed by atoms with Crippen molar-refractivity contribution >= 4 is 49.7 Å². The molecule has 0 spiro atoms. The van der Waals surface area contributed by atoms with E-state index in [1.165, 1.54) is 48.5 Å². The highest BCUT2D eigenvalue weighted by Gasteiger charge is 2.21. The Morgan fingerprint density at radius 2 is 0.953 bits per heavy atom. The molecule has 0 aliphatic carbocycles. The number of nitrogens with zero attached hydrogens (tertiary/aromatic N) is 19. The molecule has 86 heavy (non-hydrogen) atoms. The van der Waals surface area contributed by atoms with Gasteiger partial charge in [-0.3, -0.25) is 9.11 Å². The van der Waals surface area contributed by atoms with Crippen LogP contribution >= 0.6 is 0 Å². The molecular weight excluding hydrogens is 1190 g/mol. The minimum absolute atomic E-state index is 0.0987. The van der Waals surface area contributed by atoms with Gasteiger partial charge in [0.2, 0.25) is 28.9 Å². The fourth-order valence-electron chi connectivity index (χ4n) is 5.28. The van der Waals surface area contributed by atoms with E-state index in [1.807, 2.05) is 26.0 Å². The smallest absolute Gasteiger partial charge is 0.359 e. The Morgan fingerprint density at radius 3 is 1.31 bits per heavy atom. The normalized spacial score (nSPS) is 10.1. The summed E-state index contributed by atoms with van der Waals surface area (Å²) in [5, 5.41) is 127. The van der Waals surface area contributed by atoms with Crippen molar-refractivity contribution in [2.75, 3.05) is 0 Å². The van der Waals surface area contributed by atoms with Crippen molar-refractivity contribution in [2.24, 2.45) is 0 Å². The summed E-state index contributed by atoms with van der Waals surface area (Å²) in [4.78, 5) is 38.2. The van der Waals surface area contributed by atoms with Crippen LogP contribution < -0.4 is 0 Å². The lowest BCUT2D eigenvalue weighted by molar-refractivity contribution is -0.172. The summed E-state index contributed by atoms with van der Waals surface area (Å²) in [6, 6.07) is 17.7. The first-order valence-corrected chi connectivity index (χ1v) is 25.3. The minimum Gasteiger partial charge on any atom is -0.478 e. The van der Waals surface area contributed by atoms with Crippen molar-refractivity contribution in [3.8, 4) is 34.2 Å². The monoisotopic (exact) mass is 1230 g/mol. The van der Waals surface area contributed by atoms with Crippen molar-refractivity contribution < 1.29 is 75.9 Å². The Kier molecular flexibility index (Phi) is 25.4. The van der Waals surface area contributed by atoms with E-state index in [4.69, 9.17) is 34.9 Å². The molecular formula is C41H43N27O16S2. The van der Waals surface area contributed by atoms with Crippen LogP contribution in [0.4, 0.5) is 0 Å². The average molecular weight is 1230 g/mol. The van der Waals surface area contributed by atoms with E-state index < -0.39 is 49.5 Å². The van der Waals surface area contributed by atoms with E-state index in [2.05, 4.69) is 157 Å². The van der Waals surface area contributed by atoms with Crippen LogP contribution in [0.5, 0.6) is 0 Å². The molecule has 0 fully saturated rings. The standard InChI is InChI=1S/C8H6N4O2.2C7H6N4O3S.C6H7N3O4.C4H3N3O4.C4H7N3.C3H5N3.C2H3N3/c13-8(14)6-3-1-5(2-4-6)7-9-11-12-10-7;12-15(13,14)6-3-1-2-5(4-6)7-8-10-11-9-7;12-15(13,14)6-4-2-1-3-5(6)7-8-10-11-9-7;1-3(12-10)5-6(4(2)13-11)8-9-7-5;8-3(9)1-2(4(10)11)6-7-5-1;1-3-4(2)6-7-5-3;1-3-2-4-6-5-3;1-2-4-5-3-1/h1-4H,(H,13,14)(H,9,10,11,12);2*1-4H,(H,12,13,14)(H,8,9,10,11);10-11H,1-2H2,(H,7,8,9);(H,8,9)(H,10,11)(H,5,6,7);1-2H3,(H,5,6,7);2H,1H3,(H,4,5,6);1-2H,(H,3,4,5). The molecule has 15 N–H and O–H groups in total. The van der Waals surface area contributed by atoms with Gasteiger partial charge in [0, 0.05) is 16.7 Å². The van der Waals surface area contributed by atoms with Gasteiger partial charge in [-0.15, -0.1) is 40.8 Å². The molecule has 8 aromatic heterocycles. The molecule has 8 heterocycles. The van der Waals surface area contributed by atoms with Crippen LogP contribution in [0.2, 0.25) is 0 Å². The van der Waals surface area contributed by atoms with Crippen molar-refractivity contribution in [1.82, 2.24) is 139 Å². The van der Waals surface area contributed by atoms with Crippen molar-refractivity contribution in [3.63, 3.8) is 0 Å². The first-order chi connectivity index (χ1) is 41.0. The van der Waals surface area contributed by atoms with Crippen molar-refractivity contribution in [3.05, 3.63) is 150 Å². The van der Waals surface area contributed by atoms with Gasteiger partial charge in [-0.2, -0.15) is 99.3 Å². The van der Waals surface area contributed by atoms with Crippen LogP contribution in [0.3, 0.4) is 0 Å². The van der Waals surface area contributed by atoms with Crippen molar-refractivity contribution in [1.29, 1.82) is 0 Å². The highest BCUT2D eigenvalue weighted by molar-refractivity contribution is 7.86. The topological polar surface area (TPSA) is 651 Å². The Balaban J connectivity index is 0.000000215. The van der Waals surface area contributed by atoms with Gasteiger partial charge < -0.3 is 25.1 Å². The fraction of sp³-hybridized carbons (Fsp3) is 0.0732. The van der Waals surface area contributed by atoms with Gasteiger partial charge in [-0.05, 0) is 72.8 Å². The fourth-order valence-corrected chi connectivity index (χ4v) is 6.49. The Bertz CT molecular complexity index is 3950. The second kappa shape index (κ2) is 32.9. The highest BCUT2D eigenvalue weighted by Crippen LogP contribution is 2.23. The third-order valence-electron chi connectivity index (χ3n) is 9.30. The van der Waals surface area contributed by atoms with Crippen LogP contribution in [0.1, 0.15) is 59.8 Å². The number of aryl methyl sites for hydroxylation is 3. The van der Waals surface area contributed by atoms with Gasteiger partial charge in [-0.1, -0.05) is 49.6 Å². The summed E-state index contributed by atoms with van der Waals surface area (Å²) < 4.78 is 61.5. The van der Waals surface area contributed by atoms with Crippen LogP contribution in [-0.2, 0) is 30.0 Å². The quantitative estimate of drug-likeness (QED) is 0.0352. The number of carboxylic acid groups (broad SMARTS) is 3. The minimum atomic E-state index is -4.28. The second-order valence-corrected chi connectivity index (χ2v) is 17.8. The molecule has 0 bridgehead atoms. The molecule has 3 aromatic carbocycles. The molecule has 11 aromatic rings. The number of aromatic amines is 8. The Hall–Kier alpha value is -12.2. The van der Waals surface area contributed by atoms with Crippen molar-refractivity contribution in [2.45, 2.75) is 30.6 Å². The summed E-state index contributed by atoms with van der Waals surface area (Å²) in [7, 11) is -8.48. The van der Waals surface area contributed by atoms with E-state index in [0.29, 0.717) is 11.4 Å². The number of benzene rings is 3. The first kappa shape index (κ1) is 66.3. The van der Waals surface area contributed by atoms with Crippen LogP contribution in [-0.4, -0.2) is 209 Å². The lowest BCUT2D eigenvalue weighted by Gasteiger charge is -2.01. The van der Waals surface area contributed by atoms with Crippen LogP contribution in [0.25, 0.3) is 45.7 Å². The average Bonchev–Trinajstić information content (AvgIpc) is 4.07. The van der Waals surface area contributed by atoms with Crippen LogP contribution in [0.15, 0.2) is 114 Å². The molecule has 0 unspecified atom stereocenters. The summed E-state index contributed by atoms with van der Waals surface area (Å²) in [5.74, 6) is -3.24. The number of H-pyrrole nitrogens is 8. The molecule has 0 saturated carbocycles. The molecule has 0 aliphatic heterocycles. The predicted molar refractivity (Wildman–Crippen MR) is 281 cm³/mol. The molecule has 450 valence electrons. The number of tetrazole rings is 3. The van der Waals surface area contributed by atoms with Gasteiger partial charge in [0.05, 0.1) is 46.1 Å². The number of hydrogen-bond donors (Lipinski definition) is 15. The number of carbonyl (C=O) groups is 3. The molecule has 0 amide bonds. The number of hydrogen-bond acceptors (Lipinski definition) is 30. The lowest BCUT2D eigenvalue weighted by atomic mass is 10.1. The summed E-state index contributed by atoms with van der Waals surface area (Å²) in [6.45, 7) is 12.3. The summed E-state index contributed by atoms with van der Waals surface area (Å²) in [5.41, 5.74) is 3.52.